The van der Waals surface area contributed by atoms with Crippen molar-refractivity contribution in [2.75, 3.05) is 5.75 Å². The lowest BCUT2D eigenvalue weighted by Gasteiger charge is -2.32. The molecule has 0 aromatic carbocycles. The van der Waals surface area contributed by atoms with Crippen LogP contribution in [0.15, 0.2) is 66.0 Å². The minimum Gasteiger partial charge on any atom is -0.337 e. The van der Waals surface area contributed by atoms with Crippen LogP contribution in [0.25, 0.3) is 5.69 Å². The summed E-state index contributed by atoms with van der Waals surface area (Å²) >= 11 is 1.88. The standard InChI is InChI=1S/C22H23N5S/c1-3-16-14-28-22-25-20(18-8-4-5-12-24-18)21(27(16)22)19-10-9-15(2)26(19)17-7-6-11-23-13-17/h4-13,16,20-21H,3,14H2,1-2H3/t16-,20-,21+/m1/s1. The van der Waals surface area contributed by atoms with E-state index in [1.165, 1.54) is 11.4 Å². The lowest BCUT2D eigenvalue weighted by Crippen LogP contribution is -2.36. The molecule has 0 N–H and O–H groups in total. The second-order valence-corrected chi connectivity index (χ2v) is 8.27. The number of nitrogens with zero attached hydrogens (tertiary/aromatic N) is 5. The molecule has 0 bridgehead atoms. The molecule has 0 radical (unpaired) electrons. The molecular weight excluding hydrogens is 366 g/mol. The van der Waals surface area contributed by atoms with Crippen molar-refractivity contribution in [2.24, 2.45) is 4.99 Å². The van der Waals surface area contributed by atoms with E-state index in [1.807, 2.05) is 42.5 Å². The van der Waals surface area contributed by atoms with E-state index < -0.39 is 0 Å². The van der Waals surface area contributed by atoms with Crippen molar-refractivity contribution in [3.05, 3.63) is 78.1 Å². The quantitative estimate of drug-likeness (QED) is 0.656. The average molecular weight is 390 g/mol. The third-order valence-electron chi connectivity index (χ3n) is 5.64. The normalized spacial score (nSPS) is 23.7. The highest BCUT2D eigenvalue weighted by atomic mass is 32.2. The number of fused-ring (bicyclic) bond motifs is 1. The van der Waals surface area contributed by atoms with Crippen LogP contribution in [0.1, 0.15) is 42.5 Å². The van der Waals surface area contributed by atoms with Crippen LogP contribution in [0, 0.1) is 6.92 Å². The van der Waals surface area contributed by atoms with E-state index in [9.17, 15) is 0 Å². The van der Waals surface area contributed by atoms with Gasteiger partial charge in [0.2, 0.25) is 0 Å². The van der Waals surface area contributed by atoms with Crippen LogP contribution >= 0.6 is 11.8 Å². The molecule has 5 heterocycles. The van der Waals surface area contributed by atoms with E-state index in [1.54, 1.807) is 0 Å². The number of pyridine rings is 2. The topological polar surface area (TPSA) is 46.3 Å². The summed E-state index contributed by atoms with van der Waals surface area (Å²) in [6, 6.07) is 15.3. The summed E-state index contributed by atoms with van der Waals surface area (Å²) in [6.07, 6.45) is 6.73. The summed E-state index contributed by atoms with van der Waals surface area (Å²) in [6.45, 7) is 4.42. The number of rotatable bonds is 4. The van der Waals surface area contributed by atoms with Crippen LogP contribution in [0.4, 0.5) is 0 Å². The van der Waals surface area contributed by atoms with E-state index in [4.69, 9.17) is 4.99 Å². The van der Waals surface area contributed by atoms with Gasteiger partial charge in [-0.25, -0.2) is 0 Å². The van der Waals surface area contributed by atoms with Gasteiger partial charge in [-0.2, -0.15) is 0 Å². The summed E-state index contributed by atoms with van der Waals surface area (Å²) < 4.78 is 2.32. The molecule has 0 saturated carbocycles. The maximum absolute atomic E-state index is 5.13. The summed E-state index contributed by atoms with van der Waals surface area (Å²) in [5.41, 5.74) is 4.58. The van der Waals surface area contributed by atoms with E-state index in [0.717, 1.165) is 28.7 Å². The van der Waals surface area contributed by atoms with Gasteiger partial charge in [-0.1, -0.05) is 24.8 Å². The second-order valence-electron chi connectivity index (χ2n) is 7.28. The van der Waals surface area contributed by atoms with Crippen LogP contribution < -0.4 is 0 Å². The summed E-state index contributed by atoms with van der Waals surface area (Å²) in [4.78, 5) is 16.7. The van der Waals surface area contributed by atoms with Gasteiger partial charge >= 0.3 is 0 Å². The Balaban J connectivity index is 1.66. The Hall–Kier alpha value is -2.60. The van der Waals surface area contributed by atoms with E-state index in [0.29, 0.717) is 6.04 Å². The van der Waals surface area contributed by atoms with Crippen molar-refractivity contribution in [3.8, 4) is 5.69 Å². The highest BCUT2D eigenvalue weighted by molar-refractivity contribution is 8.14. The van der Waals surface area contributed by atoms with Crippen LogP contribution in [-0.4, -0.2) is 36.4 Å². The Morgan fingerprint density at radius 3 is 2.79 bits per heavy atom. The lowest BCUT2D eigenvalue weighted by atomic mass is 9.99. The Morgan fingerprint density at radius 1 is 1.11 bits per heavy atom. The van der Waals surface area contributed by atoms with Crippen molar-refractivity contribution in [2.45, 2.75) is 38.4 Å². The van der Waals surface area contributed by atoms with E-state index >= 15 is 0 Å². The summed E-state index contributed by atoms with van der Waals surface area (Å²) in [5.74, 6) is 1.10. The molecule has 1 saturated heterocycles. The van der Waals surface area contributed by atoms with E-state index in [2.05, 4.69) is 63.6 Å². The number of thioether (sulfide) groups is 1. The fourth-order valence-electron chi connectivity index (χ4n) is 4.30. The Bertz CT molecular complexity index is 998. The lowest BCUT2D eigenvalue weighted by molar-refractivity contribution is 0.248. The van der Waals surface area contributed by atoms with Gasteiger partial charge in [-0.05, 0) is 49.7 Å². The maximum Gasteiger partial charge on any atom is 0.160 e. The predicted molar refractivity (Wildman–Crippen MR) is 114 cm³/mol. The molecule has 5 rings (SSSR count). The summed E-state index contributed by atoms with van der Waals surface area (Å²) in [5, 5.41) is 1.16. The van der Waals surface area contributed by atoms with Gasteiger partial charge < -0.3 is 9.47 Å². The molecule has 2 aliphatic rings. The number of aromatic nitrogens is 3. The van der Waals surface area contributed by atoms with Crippen molar-refractivity contribution in [3.63, 3.8) is 0 Å². The number of amidine groups is 1. The zero-order chi connectivity index (χ0) is 19.1. The minimum absolute atomic E-state index is 0.00257. The third-order valence-corrected chi connectivity index (χ3v) is 6.77. The van der Waals surface area contributed by atoms with E-state index in [-0.39, 0.29) is 12.1 Å². The van der Waals surface area contributed by atoms with Gasteiger partial charge in [0.1, 0.15) is 12.1 Å². The zero-order valence-electron chi connectivity index (χ0n) is 16.1. The van der Waals surface area contributed by atoms with Gasteiger partial charge in [0.25, 0.3) is 0 Å². The molecule has 3 aromatic rings. The highest BCUT2D eigenvalue weighted by Crippen LogP contribution is 2.49. The smallest absolute Gasteiger partial charge is 0.160 e. The van der Waals surface area contributed by atoms with Gasteiger partial charge in [0.15, 0.2) is 5.17 Å². The first-order valence-corrected chi connectivity index (χ1v) is 10.7. The average Bonchev–Trinajstić information content (AvgIpc) is 3.42. The van der Waals surface area contributed by atoms with Gasteiger partial charge in [0, 0.05) is 35.6 Å². The van der Waals surface area contributed by atoms with Gasteiger partial charge in [0.05, 0.1) is 17.6 Å². The zero-order valence-corrected chi connectivity index (χ0v) is 16.9. The first kappa shape index (κ1) is 17.5. The Labute approximate surface area is 169 Å². The molecule has 6 heteroatoms. The van der Waals surface area contributed by atoms with Crippen molar-refractivity contribution in [1.82, 2.24) is 19.4 Å². The molecule has 0 amide bonds. The molecule has 3 atom stereocenters. The molecule has 0 unspecified atom stereocenters. The van der Waals surface area contributed by atoms with Crippen molar-refractivity contribution in [1.29, 1.82) is 0 Å². The minimum atomic E-state index is 0.00257. The molecule has 5 nitrogen and oxygen atoms in total. The van der Waals surface area contributed by atoms with Crippen LogP contribution in [0.5, 0.6) is 0 Å². The molecule has 1 fully saturated rings. The van der Waals surface area contributed by atoms with Crippen LogP contribution in [-0.2, 0) is 0 Å². The molecule has 3 aromatic heterocycles. The molecule has 0 aliphatic carbocycles. The van der Waals surface area contributed by atoms with Crippen LogP contribution in [0.3, 0.4) is 0 Å². The highest BCUT2D eigenvalue weighted by Gasteiger charge is 2.46. The fraction of sp³-hybridized carbons (Fsp3) is 0.318. The number of aliphatic imine (C=N–C) groups is 1. The molecular formula is C22H23N5S. The molecule has 28 heavy (non-hydrogen) atoms. The SMILES string of the molecule is CC[C@@H]1CSC2=N[C@H](c3ccccn3)[C@H](c3ccc(C)n3-c3cccnc3)N21. The molecule has 142 valence electrons. The monoisotopic (exact) mass is 389 g/mol. The largest absolute Gasteiger partial charge is 0.337 e. The maximum atomic E-state index is 5.13. The van der Waals surface area contributed by atoms with Crippen molar-refractivity contribution >= 4 is 16.9 Å². The van der Waals surface area contributed by atoms with Crippen molar-refractivity contribution < 1.29 is 0 Å². The first-order valence-electron chi connectivity index (χ1n) is 9.76. The Morgan fingerprint density at radius 2 is 2.04 bits per heavy atom. The third kappa shape index (κ3) is 2.75. The Kier molecular flexibility index (Phi) is 4.43. The van der Waals surface area contributed by atoms with Crippen LogP contribution in [0.2, 0.25) is 0 Å². The molecule has 2 aliphatic heterocycles. The predicted octanol–water partition coefficient (Wildman–Crippen LogP) is 4.56. The van der Waals surface area contributed by atoms with Gasteiger partial charge in [-0.15, -0.1) is 0 Å². The number of hydrogen-bond acceptors (Lipinski definition) is 5. The number of aryl methyl sites for hydroxylation is 1. The van der Waals surface area contributed by atoms with Gasteiger partial charge in [-0.3, -0.25) is 15.0 Å². The summed E-state index contributed by atoms with van der Waals surface area (Å²) in [7, 11) is 0. The first-order chi connectivity index (χ1) is 13.8. The second kappa shape index (κ2) is 7.09. The molecule has 0 spiro atoms. The fourth-order valence-corrected chi connectivity index (χ4v) is 5.64. The number of hydrogen-bond donors (Lipinski definition) is 0.